The van der Waals surface area contributed by atoms with Gasteiger partial charge in [0.25, 0.3) is 17.6 Å². The molecule has 0 atom stereocenters. The number of aromatic amines is 1. The minimum atomic E-state index is -1.29. The standard InChI is InChI=1S/C25H19FN4O6/c26-18-7-6-15(22-17(25(34)35)13-28-36-22)20-19(18)16(12-27-20)21(31)24(33)30-10-8-29(9-11-30)23(32)14-4-2-1-3-5-14/h1-7,12-13,27H,8-11H2,(H,34,35). The van der Waals surface area contributed by atoms with E-state index in [9.17, 15) is 28.7 Å². The molecule has 1 fully saturated rings. The van der Waals surface area contributed by atoms with Gasteiger partial charge in [0.1, 0.15) is 11.4 Å². The molecule has 11 heteroatoms. The lowest BCUT2D eigenvalue weighted by molar-refractivity contribution is -0.127. The molecule has 1 aliphatic heterocycles. The first-order valence-corrected chi connectivity index (χ1v) is 11.0. The van der Waals surface area contributed by atoms with Crippen LogP contribution in [-0.4, -0.2) is 74.8 Å². The van der Waals surface area contributed by atoms with Crippen LogP contribution in [0.2, 0.25) is 0 Å². The number of halogens is 1. The summed E-state index contributed by atoms with van der Waals surface area (Å²) in [7, 11) is 0. The van der Waals surface area contributed by atoms with Crippen molar-refractivity contribution in [2.24, 2.45) is 0 Å². The van der Waals surface area contributed by atoms with Gasteiger partial charge in [0.05, 0.1) is 17.3 Å². The van der Waals surface area contributed by atoms with Crippen LogP contribution in [0, 0.1) is 5.82 Å². The summed E-state index contributed by atoms with van der Waals surface area (Å²) in [6.45, 7) is 0.809. The van der Waals surface area contributed by atoms with Crippen molar-refractivity contribution in [3.05, 3.63) is 77.4 Å². The average molecular weight is 490 g/mol. The van der Waals surface area contributed by atoms with Crippen molar-refractivity contribution in [2.75, 3.05) is 26.2 Å². The number of carboxylic acids is 1. The Hall–Kier alpha value is -4.80. The number of hydrogen-bond donors (Lipinski definition) is 2. The van der Waals surface area contributed by atoms with Crippen LogP contribution in [-0.2, 0) is 4.79 Å². The summed E-state index contributed by atoms with van der Waals surface area (Å²) in [6, 6.07) is 11.1. The second-order valence-electron chi connectivity index (χ2n) is 8.20. The number of fused-ring (bicyclic) bond motifs is 1. The number of Topliss-reactive ketones (excluding diaryl/α,β-unsaturated/α-hetero) is 1. The van der Waals surface area contributed by atoms with E-state index in [1.54, 1.807) is 29.2 Å². The molecule has 0 saturated carbocycles. The molecule has 36 heavy (non-hydrogen) atoms. The van der Waals surface area contributed by atoms with Crippen LogP contribution in [0.25, 0.3) is 22.2 Å². The van der Waals surface area contributed by atoms with Gasteiger partial charge in [-0.15, -0.1) is 0 Å². The fraction of sp³-hybridized carbons (Fsp3) is 0.160. The fourth-order valence-corrected chi connectivity index (χ4v) is 4.30. The summed E-state index contributed by atoms with van der Waals surface area (Å²) in [4.78, 5) is 55.9. The van der Waals surface area contributed by atoms with Crippen LogP contribution in [0.5, 0.6) is 0 Å². The number of carbonyl (C=O) groups excluding carboxylic acids is 3. The fourth-order valence-electron chi connectivity index (χ4n) is 4.30. The third kappa shape index (κ3) is 3.90. The predicted octanol–water partition coefficient (Wildman–Crippen LogP) is 2.83. The van der Waals surface area contributed by atoms with Gasteiger partial charge in [-0.25, -0.2) is 9.18 Å². The Morgan fingerprint density at radius 3 is 2.33 bits per heavy atom. The number of amides is 2. The molecule has 3 heterocycles. The SMILES string of the molecule is O=C(O)c1cnoc1-c1ccc(F)c2c(C(=O)C(=O)N3CCN(C(=O)c4ccccc4)CC3)c[nH]c12. The van der Waals surface area contributed by atoms with E-state index in [1.807, 2.05) is 6.07 Å². The zero-order chi connectivity index (χ0) is 25.4. The van der Waals surface area contributed by atoms with Crippen molar-refractivity contribution in [2.45, 2.75) is 0 Å². The maximum absolute atomic E-state index is 14.8. The number of H-pyrrole nitrogens is 1. The molecule has 0 unspecified atom stereocenters. The third-order valence-corrected chi connectivity index (χ3v) is 6.14. The zero-order valence-corrected chi connectivity index (χ0v) is 18.7. The summed E-state index contributed by atoms with van der Waals surface area (Å²) in [5.41, 5.74) is 0.402. The van der Waals surface area contributed by atoms with Gasteiger partial charge in [-0.1, -0.05) is 23.4 Å². The smallest absolute Gasteiger partial charge is 0.341 e. The molecule has 10 nitrogen and oxygen atoms in total. The minimum Gasteiger partial charge on any atom is -0.477 e. The van der Waals surface area contributed by atoms with Gasteiger partial charge in [-0.3, -0.25) is 14.4 Å². The number of carbonyl (C=O) groups is 4. The monoisotopic (exact) mass is 490 g/mol. The summed E-state index contributed by atoms with van der Waals surface area (Å²) in [5, 5.41) is 12.7. The Kier molecular flexibility index (Phi) is 5.80. The largest absolute Gasteiger partial charge is 0.477 e. The second-order valence-corrected chi connectivity index (χ2v) is 8.20. The van der Waals surface area contributed by atoms with Crippen molar-refractivity contribution in [3.8, 4) is 11.3 Å². The molecule has 1 aliphatic rings. The van der Waals surface area contributed by atoms with E-state index in [0.717, 1.165) is 12.3 Å². The van der Waals surface area contributed by atoms with Crippen molar-refractivity contribution in [1.29, 1.82) is 0 Å². The topological polar surface area (TPSA) is 137 Å². The number of nitrogens with zero attached hydrogens (tertiary/aromatic N) is 3. The first-order valence-electron chi connectivity index (χ1n) is 11.0. The number of piperazine rings is 1. The van der Waals surface area contributed by atoms with Gasteiger partial charge in [0.15, 0.2) is 5.76 Å². The van der Waals surface area contributed by atoms with E-state index in [2.05, 4.69) is 10.1 Å². The van der Waals surface area contributed by atoms with E-state index in [1.165, 1.54) is 17.2 Å². The van der Waals surface area contributed by atoms with Gasteiger partial charge in [0.2, 0.25) is 0 Å². The van der Waals surface area contributed by atoms with Crippen LogP contribution in [0.1, 0.15) is 31.1 Å². The van der Waals surface area contributed by atoms with Crippen LogP contribution >= 0.6 is 0 Å². The van der Waals surface area contributed by atoms with E-state index in [-0.39, 0.29) is 65.4 Å². The minimum absolute atomic E-state index is 0.101. The first kappa shape index (κ1) is 23.0. The molecule has 0 aliphatic carbocycles. The van der Waals surface area contributed by atoms with Crippen molar-refractivity contribution < 1.29 is 33.2 Å². The van der Waals surface area contributed by atoms with Crippen LogP contribution in [0.15, 0.2) is 59.4 Å². The van der Waals surface area contributed by atoms with Gasteiger partial charge < -0.3 is 24.4 Å². The molecular weight excluding hydrogens is 471 g/mol. The average Bonchev–Trinajstić information content (AvgIpc) is 3.57. The Morgan fingerprint density at radius 1 is 0.944 bits per heavy atom. The van der Waals surface area contributed by atoms with Crippen LogP contribution in [0.3, 0.4) is 0 Å². The highest BCUT2D eigenvalue weighted by molar-refractivity contribution is 6.45. The quantitative estimate of drug-likeness (QED) is 0.324. The normalized spacial score (nSPS) is 13.7. The van der Waals surface area contributed by atoms with E-state index >= 15 is 0 Å². The summed E-state index contributed by atoms with van der Waals surface area (Å²) >= 11 is 0. The highest BCUT2D eigenvalue weighted by atomic mass is 19.1. The number of rotatable bonds is 5. The number of aromatic carboxylic acids is 1. The summed E-state index contributed by atoms with van der Waals surface area (Å²) in [6.07, 6.45) is 2.23. The van der Waals surface area contributed by atoms with Crippen LogP contribution < -0.4 is 0 Å². The summed E-state index contributed by atoms with van der Waals surface area (Å²) in [5.74, 6) is -4.06. The van der Waals surface area contributed by atoms with Crippen molar-refractivity contribution in [1.82, 2.24) is 19.9 Å². The molecule has 5 rings (SSSR count). The third-order valence-electron chi connectivity index (χ3n) is 6.14. The molecular formula is C25H19FN4O6. The number of nitrogens with one attached hydrogen (secondary N) is 1. The van der Waals surface area contributed by atoms with Gasteiger partial charge in [-0.2, -0.15) is 0 Å². The predicted molar refractivity (Wildman–Crippen MR) is 124 cm³/mol. The molecule has 2 N–H and O–H groups in total. The van der Waals surface area contributed by atoms with E-state index in [0.29, 0.717) is 5.56 Å². The first-order chi connectivity index (χ1) is 17.4. The number of ketones is 1. The lowest BCUT2D eigenvalue weighted by Gasteiger charge is -2.34. The number of aromatic nitrogens is 2. The summed E-state index contributed by atoms with van der Waals surface area (Å²) < 4.78 is 19.9. The molecule has 2 aromatic heterocycles. The molecule has 4 aromatic rings. The van der Waals surface area contributed by atoms with E-state index < -0.39 is 23.5 Å². The van der Waals surface area contributed by atoms with E-state index in [4.69, 9.17) is 4.52 Å². The lowest BCUT2D eigenvalue weighted by Crippen LogP contribution is -2.52. The Labute approximate surface area is 202 Å². The van der Waals surface area contributed by atoms with Gasteiger partial charge >= 0.3 is 5.97 Å². The second kappa shape index (κ2) is 9.10. The Morgan fingerprint density at radius 2 is 1.64 bits per heavy atom. The number of hydrogen-bond acceptors (Lipinski definition) is 6. The molecule has 0 spiro atoms. The molecule has 0 radical (unpaired) electrons. The molecule has 2 amide bonds. The lowest BCUT2D eigenvalue weighted by atomic mass is 10.0. The number of carboxylic acid groups (broad SMARTS) is 1. The maximum Gasteiger partial charge on any atom is 0.341 e. The zero-order valence-electron chi connectivity index (χ0n) is 18.7. The molecule has 0 bridgehead atoms. The maximum atomic E-state index is 14.8. The Bertz CT molecular complexity index is 1500. The molecule has 1 saturated heterocycles. The van der Waals surface area contributed by atoms with Gasteiger partial charge in [-0.05, 0) is 24.3 Å². The van der Waals surface area contributed by atoms with Crippen molar-refractivity contribution in [3.63, 3.8) is 0 Å². The molecule has 182 valence electrons. The highest BCUT2D eigenvalue weighted by Crippen LogP contribution is 2.34. The van der Waals surface area contributed by atoms with Gasteiger partial charge in [0, 0.05) is 48.9 Å². The van der Waals surface area contributed by atoms with Crippen molar-refractivity contribution >= 4 is 34.5 Å². The van der Waals surface area contributed by atoms with Crippen LogP contribution in [0.4, 0.5) is 4.39 Å². The molecule has 2 aromatic carbocycles. The number of benzene rings is 2. The Balaban J connectivity index is 1.37. The highest BCUT2D eigenvalue weighted by Gasteiger charge is 2.31.